The normalized spacial score (nSPS) is 10.8. The molecule has 1 heterocycles. The minimum absolute atomic E-state index is 0.0122. The van der Waals surface area contributed by atoms with Gasteiger partial charge in [0, 0.05) is 11.1 Å². The number of aryl methyl sites for hydroxylation is 1. The summed E-state index contributed by atoms with van der Waals surface area (Å²) in [4.78, 5) is 16.8. The average molecular weight is 309 g/mol. The van der Waals surface area contributed by atoms with Crippen LogP contribution in [0.25, 0.3) is 10.9 Å². The van der Waals surface area contributed by atoms with Gasteiger partial charge in [0.1, 0.15) is 0 Å². The van der Waals surface area contributed by atoms with Gasteiger partial charge in [-0.25, -0.2) is 0 Å². The molecule has 0 aliphatic carbocycles. The highest BCUT2D eigenvalue weighted by atomic mass is 16.3. The molecule has 0 amide bonds. The van der Waals surface area contributed by atoms with Crippen molar-refractivity contribution in [2.24, 2.45) is 0 Å². The zero-order chi connectivity index (χ0) is 16.6. The Bertz CT molecular complexity index is 918. The summed E-state index contributed by atoms with van der Waals surface area (Å²) in [5, 5.41) is 29.6. The summed E-state index contributed by atoms with van der Waals surface area (Å²) in [5.41, 5.74) is 2.40. The monoisotopic (exact) mass is 309 g/mol. The smallest absolute Gasteiger partial charge is 0.201 e. The van der Waals surface area contributed by atoms with Crippen molar-refractivity contribution >= 4 is 16.7 Å². The maximum Gasteiger partial charge on any atom is 0.201 e. The van der Waals surface area contributed by atoms with E-state index < -0.39 is 23.0 Å². The van der Waals surface area contributed by atoms with Crippen LogP contribution in [0.3, 0.4) is 0 Å². The molecule has 0 aliphatic heterocycles. The fourth-order valence-electron chi connectivity index (χ4n) is 2.42. The molecular weight excluding hydrogens is 294 g/mol. The van der Waals surface area contributed by atoms with Crippen molar-refractivity contribution in [3.63, 3.8) is 0 Å². The van der Waals surface area contributed by atoms with Gasteiger partial charge in [0.05, 0.1) is 17.5 Å². The number of hydrogen-bond acceptors (Lipinski definition) is 5. The molecule has 0 spiro atoms. The predicted octanol–water partition coefficient (Wildman–Crippen LogP) is 3.09. The molecule has 5 heteroatoms. The van der Waals surface area contributed by atoms with E-state index in [1.54, 1.807) is 6.07 Å². The van der Waals surface area contributed by atoms with Crippen molar-refractivity contribution in [3.8, 4) is 17.2 Å². The topological polar surface area (TPSA) is 90.7 Å². The van der Waals surface area contributed by atoms with E-state index in [2.05, 4.69) is 4.98 Å². The molecule has 23 heavy (non-hydrogen) atoms. The van der Waals surface area contributed by atoms with Crippen LogP contribution < -0.4 is 0 Å². The van der Waals surface area contributed by atoms with E-state index in [0.29, 0.717) is 5.69 Å². The van der Waals surface area contributed by atoms with Crippen LogP contribution in [0.1, 0.15) is 21.6 Å². The molecule has 0 aliphatic rings. The van der Waals surface area contributed by atoms with Crippen molar-refractivity contribution in [3.05, 3.63) is 59.3 Å². The average Bonchev–Trinajstić information content (AvgIpc) is 2.52. The highest BCUT2D eigenvalue weighted by Gasteiger charge is 2.18. The lowest BCUT2D eigenvalue weighted by atomic mass is 10.0. The molecule has 2 aromatic carbocycles. The number of pyridine rings is 1. The number of aromatic hydroxyl groups is 3. The summed E-state index contributed by atoms with van der Waals surface area (Å²) >= 11 is 0. The summed E-state index contributed by atoms with van der Waals surface area (Å²) in [6, 6.07) is 12.0. The number of fused-ring (bicyclic) bond motifs is 1. The Labute approximate surface area is 132 Å². The summed E-state index contributed by atoms with van der Waals surface area (Å²) in [7, 11) is 0. The Morgan fingerprint density at radius 1 is 1.00 bits per heavy atom. The van der Waals surface area contributed by atoms with E-state index in [9.17, 15) is 20.1 Å². The summed E-state index contributed by atoms with van der Waals surface area (Å²) < 4.78 is 0. The number of carbonyl (C=O) groups is 1. The summed E-state index contributed by atoms with van der Waals surface area (Å²) in [6.07, 6.45) is -0.0122. The Hall–Kier alpha value is -3.08. The molecule has 0 unspecified atom stereocenters. The van der Waals surface area contributed by atoms with E-state index >= 15 is 0 Å². The van der Waals surface area contributed by atoms with Crippen LogP contribution in [0.2, 0.25) is 0 Å². The minimum atomic E-state index is -0.696. The van der Waals surface area contributed by atoms with Gasteiger partial charge in [-0.15, -0.1) is 0 Å². The molecule has 0 radical (unpaired) electrons. The highest BCUT2D eigenvalue weighted by Crippen LogP contribution is 2.37. The first-order chi connectivity index (χ1) is 11.0. The zero-order valence-electron chi connectivity index (χ0n) is 12.4. The number of nitrogens with zero attached hydrogens (tertiary/aromatic N) is 1. The van der Waals surface area contributed by atoms with Gasteiger partial charge in [-0.2, -0.15) is 0 Å². The van der Waals surface area contributed by atoms with Gasteiger partial charge < -0.3 is 15.3 Å². The maximum absolute atomic E-state index is 12.3. The molecular formula is C18H15NO4. The van der Waals surface area contributed by atoms with Crippen molar-refractivity contribution in [1.82, 2.24) is 4.98 Å². The van der Waals surface area contributed by atoms with Crippen LogP contribution in [0.15, 0.2) is 42.5 Å². The van der Waals surface area contributed by atoms with Crippen LogP contribution in [-0.4, -0.2) is 26.1 Å². The Morgan fingerprint density at radius 2 is 1.74 bits per heavy atom. The fraction of sp³-hybridized carbons (Fsp3) is 0.111. The van der Waals surface area contributed by atoms with E-state index in [4.69, 9.17) is 0 Å². The van der Waals surface area contributed by atoms with Gasteiger partial charge in [-0.1, -0.05) is 18.2 Å². The van der Waals surface area contributed by atoms with E-state index in [0.717, 1.165) is 16.5 Å². The second-order valence-electron chi connectivity index (χ2n) is 5.43. The number of benzene rings is 2. The molecule has 3 rings (SSSR count). The number of phenols is 3. The van der Waals surface area contributed by atoms with Gasteiger partial charge in [-0.3, -0.25) is 9.78 Å². The van der Waals surface area contributed by atoms with Crippen LogP contribution in [0.5, 0.6) is 17.2 Å². The lowest BCUT2D eigenvalue weighted by Gasteiger charge is -2.07. The Kier molecular flexibility index (Phi) is 3.62. The third-order valence-electron chi connectivity index (χ3n) is 3.68. The first-order valence-electron chi connectivity index (χ1n) is 7.09. The number of hydrogen-bond donors (Lipinski definition) is 3. The van der Waals surface area contributed by atoms with Crippen LogP contribution in [0, 0.1) is 6.92 Å². The number of rotatable bonds is 3. The predicted molar refractivity (Wildman–Crippen MR) is 86.0 cm³/mol. The van der Waals surface area contributed by atoms with Crippen LogP contribution in [-0.2, 0) is 6.42 Å². The molecule has 0 fully saturated rings. The maximum atomic E-state index is 12.3. The Balaban J connectivity index is 1.92. The number of aromatic nitrogens is 1. The molecule has 0 saturated heterocycles. The lowest BCUT2D eigenvalue weighted by molar-refractivity contribution is 0.0988. The van der Waals surface area contributed by atoms with E-state index in [1.165, 1.54) is 12.1 Å². The molecule has 0 saturated carbocycles. The molecule has 5 nitrogen and oxygen atoms in total. The van der Waals surface area contributed by atoms with Gasteiger partial charge in [0.2, 0.25) is 5.75 Å². The third kappa shape index (κ3) is 2.81. The third-order valence-corrected chi connectivity index (χ3v) is 3.68. The standard InChI is InChI=1S/C18H15NO4/c1-10-2-3-11-4-5-12(19-14(11)8-10)9-16(21)13-6-7-15(20)18(23)17(13)22/h2-8,20,22-23H,9H2,1H3. The first kappa shape index (κ1) is 14.8. The second-order valence-corrected chi connectivity index (χ2v) is 5.43. The molecule has 0 atom stereocenters. The summed E-state index contributed by atoms with van der Waals surface area (Å²) in [6.45, 7) is 1.97. The number of ketones is 1. The quantitative estimate of drug-likeness (QED) is 0.511. The van der Waals surface area contributed by atoms with Crippen LogP contribution >= 0.6 is 0 Å². The number of phenolic OH excluding ortho intramolecular Hbond substituents is 3. The number of Topliss-reactive ketones (excluding diaryl/α,β-unsaturated/α-hetero) is 1. The highest BCUT2D eigenvalue weighted by molar-refractivity contribution is 6.01. The first-order valence-corrected chi connectivity index (χ1v) is 7.09. The van der Waals surface area contributed by atoms with Crippen molar-refractivity contribution in [2.45, 2.75) is 13.3 Å². The molecule has 3 aromatic rings. The van der Waals surface area contributed by atoms with Crippen LogP contribution in [0.4, 0.5) is 0 Å². The summed E-state index contributed by atoms with van der Waals surface area (Å²) in [5.74, 6) is -2.18. The van der Waals surface area contributed by atoms with Gasteiger partial charge in [-0.05, 0) is 36.8 Å². The fourth-order valence-corrected chi connectivity index (χ4v) is 2.42. The van der Waals surface area contributed by atoms with E-state index in [1.807, 2.05) is 31.2 Å². The largest absolute Gasteiger partial charge is 0.504 e. The van der Waals surface area contributed by atoms with Crippen molar-refractivity contribution in [2.75, 3.05) is 0 Å². The van der Waals surface area contributed by atoms with Gasteiger partial charge >= 0.3 is 0 Å². The van der Waals surface area contributed by atoms with Gasteiger partial charge in [0.15, 0.2) is 17.3 Å². The Morgan fingerprint density at radius 3 is 2.52 bits per heavy atom. The van der Waals surface area contributed by atoms with Crippen molar-refractivity contribution < 1.29 is 20.1 Å². The minimum Gasteiger partial charge on any atom is -0.504 e. The van der Waals surface area contributed by atoms with Crippen molar-refractivity contribution in [1.29, 1.82) is 0 Å². The molecule has 116 valence electrons. The number of carbonyl (C=O) groups excluding carboxylic acids is 1. The SMILES string of the molecule is Cc1ccc2ccc(CC(=O)c3ccc(O)c(O)c3O)nc2c1. The zero-order valence-corrected chi connectivity index (χ0v) is 12.4. The second kappa shape index (κ2) is 5.61. The van der Waals surface area contributed by atoms with Gasteiger partial charge in [0.25, 0.3) is 0 Å². The molecule has 0 bridgehead atoms. The molecule has 3 N–H and O–H groups in total. The molecule has 1 aromatic heterocycles. The lowest BCUT2D eigenvalue weighted by Crippen LogP contribution is -2.05. The van der Waals surface area contributed by atoms with E-state index in [-0.39, 0.29) is 12.0 Å².